The Hall–Kier alpha value is -2.41. The summed E-state index contributed by atoms with van der Waals surface area (Å²) in [5.74, 6) is -0.331. The molecular formula is C14H15ClN4O3. The van der Waals surface area contributed by atoms with Crippen molar-refractivity contribution in [2.75, 3.05) is 5.32 Å². The van der Waals surface area contributed by atoms with Gasteiger partial charge in [-0.3, -0.25) is 19.6 Å². The second-order valence-corrected chi connectivity index (χ2v) is 5.33. The minimum atomic E-state index is -0.689. The summed E-state index contributed by atoms with van der Waals surface area (Å²) >= 11 is 5.87. The summed E-state index contributed by atoms with van der Waals surface area (Å²) in [6.45, 7) is 4.74. The molecular weight excluding hydrogens is 308 g/mol. The Balaban J connectivity index is 2.24. The lowest BCUT2D eigenvalue weighted by atomic mass is 10.2. The molecule has 0 bridgehead atoms. The van der Waals surface area contributed by atoms with E-state index >= 15 is 0 Å². The minimum absolute atomic E-state index is 0.0672. The first-order valence-corrected chi connectivity index (χ1v) is 6.95. The van der Waals surface area contributed by atoms with Crippen LogP contribution in [0.4, 0.5) is 11.4 Å². The molecule has 8 heteroatoms. The quantitative estimate of drug-likeness (QED) is 0.691. The van der Waals surface area contributed by atoms with E-state index in [4.69, 9.17) is 11.6 Å². The Morgan fingerprint density at radius 2 is 2.14 bits per heavy atom. The number of benzene rings is 1. The summed E-state index contributed by atoms with van der Waals surface area (Å²) in [5.41, 5.74) is 1.11. The van der Waals surface area contributed by atoms with Gasteiger partial charge in [0.2, 0.25) is 5.91 Å². The van der Waals surface area contributed by atoms with Crippen molar-refractivity contribution in [3.8, 4) is 0 Å². The van der Waals surface area contributed by atoms with Gasteiger partial charge in [0.05, 0.1) is 4.92 Å². The molecule has 1 atom stereocenters. The van der Waals surface area contributed by atoms with Crippen LogP contribution in [-0.2, 0) is 4.79 Å². The number of hydrogen-bond acceptors (Lipinski definition) is 4. The molecule has 1 aromatic heterocycles. The van der Waals surface area contributed by atoms with Crippen molar-refractivity contribution < 1.29 is 9.72 Å². The third kappa shape index (κ3) is 3.09. The molecule has 0 aliphatic carbocycles. The third-order valence-corrected chi connectivity index (χ3v) is 3.54. The van der Waals surface area contributed by atoms with Crippen molar-refractivity contribution in [2.45, 2.75) is 26.8 Å². The topological polar surface area (TPSA) is 90.1 Å². The van der Waals surface area contributed by atoms with E-state index in [1.165, 1.54) is 4.68 Å². The maximum Gasteiger partial charge on any atom is 0.312 e. The lowest BCUT2D eigenvalue weighted by molar-refractivity contribution is -0.386. The van der Waals surface area contributed by atoms with E-state index in [9.17, 15) is 14.9 Å². The summed E-state index contributed by atoms with van der Waals surface area (Å²) in [4.78, 5) is 22.8. The maximum atomic E-state index is 12.3. The zero-order valence-corrected chi connectivity index (χ0v) is 13.1. The molecule has 1 unspecified atom stereocenters. The van der Waals surface area contributed by atoms with Gasteiger partial charge in [-0.2, -0.15) is 5.10 Å². The van der Waals surface area contributed by atoms with Crippen LogP contribution in [0.2, 0.25) is 5.02 Å². The molecule has 7 nitrogen and oxygen atoms in total. The summed E-state index contributed by atoms with van der Waals surface area (Å²) in [7, 11) is 0. The number of nitrogens with zero attached hydrogens (tertiary/aromatic N) is 3. The number of carbonyl (C=O) groups excluding carboxylic acids is 1. The van der Waals surface area contributed by atoms with Gasteiger partial charge in [-0.05, 0) is 39.0 Å². The fourth-order valence-corrected chi connectivity index (χ4v) is 2.41. The van der Waals surface area contributed by atoms with E-state index in [2.05, 4.69) is 10.4 Å². The summed E-state index contributed by atoms with van der Waals surface area (Å²) in [5, 5.41) is 18.3. The number of carbonyl (C=O) groups is 1. The largest absolute Gasteiger partial charge is 0.324 e. The highest BCUT2D eigenvalue weighted by molar-refractivity contribution is 6.30. The van der Waals surface area contributed by atoms with Gasteiger partial charge in [-0.15, -0.1) is 0 Å². The van der Waals surface area contributed by atoms with Crippen LogP contribution in [0.1, 0.15) is 24.4 Å². The van der Waals surface area contributed by atoms with Crippen LogP contribution in [0.25, 0.3) is 0 Å². The number of aryl methyl sites for hydroxylation is 1. The zero-order valence-electron chi connectivity index (χ0n) is 12.3. The van der Waals surface area contributed by atoms with Gasteiger partial charge >= 0.3 is 5.69 Å². The molecule has 2 aromatic rings. The fraction of sp³-hybridized carbons (Fsp3) is 0.286. The second kappa shape index (κ2) is 6.15. The van der Waals surface area contributed by atoms with Gasteiger partial charge in [-0.1, -0.05) is 17.7 Å². The number of nitro groups is 1. The molecule has 2 rings (SSSR count). The predicted molar refractivity (Wildman–Crippen MR) is 83.1 cm³/mol. The summed E-state index contributed by atoms with van der Waals surface area (Å²) in [6, 6.07) is 6.06. The number of aromatic nitrogens is 2. The lowest BCUT2D eigenvalue weighted by Crippen LogP contribution is -2.25. The van der Waals surface area contributed by atoms with Crippen molar-refractivity contribution in [2.24, 2.45) is 0 Å². The van der Waals surface area contributed by atoms with Gasteiger partial charge in [0.15, 0.2) is 0 Å². The molecule has 22 heavy (non-hydrogen) atoms. The van der Waals surface area contributed by atoms with Crippen LogP contribution in [0.15, 0.2) is 24.3 Å². The first kappa shape index (κ1) is 16.0. The van der Waals surface area contributed by atoms with Crippen LogP contribution < -0.4 is 5.32 Å². The highest BCUT2D eigenvalue weighted by Gasteiger charge is 2.27. The molecule has 0 saturated carbocycles. The van der Waals surface area contributed by atoms with Gasteiger partial charge in [0.1, 0.15) is 17.4 Å². The molecule has 1 N–H and O–H groups in total. The number of rotatable bonds is 4. The van der Waals surface area contributed by atoms with Crippen LogP contribution >= 0.6 is 11.6 Å². The number of amides is 1. The molecule has 0 aliphatic heterocycles. The van der Waals surface area contributed by atoms with Gasteiger partial charge in [0, 0.05) is 10.7 Å². The zero-order chi connectivity index (χ0) is 16.4. The Morgan fingerprint density at radius 3 is 2.68 bits per heavy atom. The van der Waals surface area contributed by atoms with Crippen LogP contribution in [0.5, 0.6) is 0 Å². The van der Waals surface area contributed by atoms with Gasteiger partial charge in [0.25, 0.3) is 0 Å². The standard InChI is InChI=1S/C14H15ClN4O3/c1-8-13(19(21)22)9(2)18(17-8)10(3)14(20)16-12-6-4-5-11(15)7-12/h4-7,10H,1-3H3,(H,16,20). The van der Waals surface area contributed by atoms with Crippen LogP contribution in [0.3, 0.4) is 0 Å². The van der Waals surface area contributed by atoms with E-state index in [1.807, 2.05) is 0 Å². The fourth-order valence-electron chi connectivity index (χ4n) is 2.22. The van der Waals surface area contributed by atoms with Crippen LogP contribution in [-0.4, -0.2) is 20.6 Å². The van der Waals surface area contributed by atoms with E-state index in [-0.39, 0.29) is 17.3 Å². The Labute approximate surface area is 132 Å². The highest BCUT2D eigenvalue weighted by Crippen LogP contribution is 2.25. The first-order valence-electron chi connectivity index (χ1n) is 6.57. The second-order valence-electron chi connectivity index (χ2n) is 4.90. The number of halogens is 1. The van der Waals surface area contributed by atoms with Crippen molar-refractivity contribution >= 4 is 28.9 Å². The van der Waals surface area contributed by atoms with E-state index in [1.54, 1.807) is 45.0 Å². The predicted octanol–water partition coefficient (Wildman–Crippen LogP) is 3.26. The molecule has 116 valence electrons. The average molecular weight is 323 g/mol. The minimum Gasteiger partial charge on any atom is -0.324 e. The Kier molecular flexibility index (Phi) is 4.46. The van der Waals surface area contributed by atoms with Gasteiger partial charge in [-0.25, -0.2) is 0 Å². The smallest absolute Gasteiger partial charge is 0.312 e. The van der Waals surface area contributed by atoms with Crippen molar-refractivity contribution in [3.63, 3.8) is 0 Å². The molecule has 1 amide bonds. The first-order chi connectivity index (χ1) is 10.3. The Bertz CT molecular complexity index is 742. The SMILES string of the molecule is Cc1nn(C(C)C(=O)Nc2cccc(Cl)c2)c(C)c1[N+](=O)[O-]. The summed E-state index contributed by atoms with van der Waals surface area (Å²) < 4.78 is 1.35. The number of hydrogen-bond donors (Lipinski definition) is 1. The molecule has 0 aliphatic rings. The molecule has 0 saturated heterocycles. The highest BCUT2D eigenvalue weighted by atomic mass is 35.5. The maximum absolute atomic E-state index is 12.3. The monoisotopic (exact) mass is 322 g/mol. The van der Waals surface area contributed by atoms with Gasteiger partial charge < -0.3 is 5.32 Å². The van der Waals surface area contributed by atoms with E-state index < -0.39 is 11.0 Å². The average Bonchev–Trinajstić information content (AvgIpc) is 2.73. The van der Waals surface area contributed by atoms with Crippen molar-refractivity contribution in [1.29, 1.82) is 0 Å². The van der Waals surface area contributed by atoms with Crippen LogP contribution in [0, 0.1) is 24.0 Å². The third-order valence-electron chi connectivity index (χ3n) is 3.31. The number of nitrogens with one attached hydrogen (secondary N) is 1. The van der Waals surface area contributed by atoms with E-state index in [0.717, 1.165) is 0 Å². The molecule has 1 heterocycles. The molecule has 0 spiro atoms. The normalized spacial score (nSPS) is 12.0. The summed E-state index contributed by atoms with van der Waals surface area (Å²) in [6.07, 6.45) is 0. The van der Waals surface area contributed by atoms with E-state index in [0.29, 0.717) is 16.4 Å². The Morgan fingerprint density at radius 1 is 1.45 bits per heavy atom. The van der Waals surface area contributed by atoms with Crippen molar-refractivity contribution in [3.05, 3.63) is 50.8 Å². The molecule has 0 radical (unpaired) electrons. The molecule has 0 fully saturated rings. The number of anilines is 1. The molecule has 1 aromatic carbocycles. The lowest BCUT2D eigenvalue weighted by Gasteiger charge is -2.14. The van der Waals surface area contributed by atoms with Crippen molar-refractivity contribution in [1.82, 2.24) is 9.78 Å².